The van der Waals surface area contributed by atoms with Crippen LogP contribution in [0.2, 0.25) is 0 Å². The summed E-state index contributed by atoms with van der Waals surface area (Å²) in [7, 11) is 1.56. The van der Waals surface area contributed by atoms with E-state index in [0.29, 0.717) is 11.7 Å². The summed E-state index contributed by atoms with van der Waals surface area (Å²) in [5, 5.41) is 16.3. The average Bonchev–Trinajstić information content (AvgIpc) is 2.98. The number of carboxylic acid groups (broad SMARTS) is 1. The molecule has 0 saturated heterocycles. The normalized spacial score (nSPS) is 12.1. The molecule has 3 aromatic rings. The second-order valence-electron chi connectivity index (χ2n) is 4.91. The molecule has 1 atom stereocenters. The standard InChI is InChI=1S/C15H15N5O3/c1-9(10-4-3-6-16-14(10)23-2)18-12-5-7-20-13(19-12)11(8-17-20)15(21)22/h3-9H,1-2H3,(H,18,19)(H,21,22). The van der Waals surface area contributed by atoms with E-state index in [1.165, 1.54) is 10.7 Å². The molecule has 0 aliphatic carbocycles. The highest BCUT2D eigenvalue weighted by Crippen LogP contribution is 2.25. The number of nitrogens with zero attached hydrogens (tertiary/aromatic N) is 4. The first kappa shape index (κ1) is 14.8. The van der Waals surface area contributed by atoms with E-state index in [2.05, 4.69) is 20.4 Å². The van der Waals surface area contributed by atoms with E-state index in [9.17, 15) is 4.79 Å². The Morgan fingerprint density at radius 3 is 3.00 bits per heavy atom. The first-order valence-corrected chi connectivity index (χ1v) is 6.93. The van der Waals surface area contributed by atoms with Crippen molar-refractivity contribution in [3.63, 3.8) is 0 Å². The molecule has 118 valence electrons. The third-order valence-electron chi connectivity index (χ3n) is 3.42. The highest BCUT2D eigenvalue weighted by Gasteiger charge is 2.15. The molecule has 0 aromatic carbocycles. The van der Waals surface area contributed by atoms with E-state index in [1.54, 1.807) is 25.6 Å². The number of rotatable bonds is 5. The Hall–Kier alpha value is -3.16. The van der Waals surface area contributed by atoms with E-state index < -0.39 is 5.97 Å². The number of aromatic carboxylic acids is 1. The van der Waals surface area contributed by atoms with Crippen molar-refractivity contribution in [1.82, 2.24) is 19.6 Å². The molecule has 23 heavy (non-hydrogen) atoms. The van der Waals surface area contributed by atoms with Crippen LogP contribution in [-0.2, 0) is 0 Å². The zero-order chi connectivity index (χ0) is 16.4. The fourth-order valence-corrected chi connectivity index (χ4v) is 2.30. The van der Waals surface area contributed by atoms with Crippen LogP contribution in [0.1, 0.15) is 28.9 Å². The summed E-state index contributed by atoms with van der Waals surface area (Å²) >= 11 is 0. The number of anilines is 1. The van der Waals surface area contributed by atoms with E-state index in [4.69, 9.17) is 9.84 Å². The van der Waals surface area contributed by atoms with Gasteiger partial charge in [-0.2, -0.15) is 5.10 Å². The smallest absolute Gasteiger partial charge is 0.341 e. The first-order chi connectivity index (χ1) is 11.1. The minimum absolute atomic E-state index is 0.0558. The number of carbonyl (C=O) groups is 1. The summed E-state index contributed by atoms with van der Waals surface area (Å²) < 4.78 is 6.67. The molecular formula is C15H15N5O3. The van der Waals surface area contributed by atoms with Crippen molar-refractivity contribution in [2.24, 2.45) is 0 Å². The van der Waals surface area contributed by atoms with Crippen molar-refractivity contribution >= 4 is 17.4 Å². The quantitative estimate of drug-likeness (QED) is 0.742. The van der Waals surface area contributed by atoms with Gasteiger partial charge >= 0.3 is 5.97 Å². The number of methoxy groups -OCH3 is 1. The molecular weight excluding hydrogens is 298 g/mol. The molecule has 2 N–H and O–H groups in total. The Morgan fingerprint density at radius 1 is 1.43 bits per heavy atom. The van der Waals surface area contributed by atoms with Gasteiger partial charge in [0.15, 0.2) is 5.65 Å². The monoisotopic (exact) mass is 313 g/mol. The lowest BCUT2D eigenvalue weighted by atomic mass is 10.1. The van der Waals surface area contributed by atoms with Gasteiger partial charge in [-0.3, -0.25) is 0 Å². The van der Waals surface area contributed by atoms with E-state index in [0.717, 1.165) is 5.56 Å². The number of hydrogen-bond donors (Lipinski definition) is 2. The Morgan fingerprint density at radius 2 is 2.26 bits per heavy atom. The van der Waals surface area contributed by atoms with Crippen molar-refractivity contribution in [2.75, 3.05) is 12.4 Å². The summed E-state index contributed by atoms with van der Waals surface area (Å²) in [4.78, 5) is 19.7. The topological polar surface area (TPSA) is 102 Å². The number of aromatic nitrogens is 4. The lowest BCUT2D eigenvalue weighted by Gasteiger charge is -2.16. The molecule has 0 amide bonds. The van der Waals surface area contributed by atoms with Gasteiger partial charge in [0.1, 0.15) is 11.4 Å². The minimum atomic E-state index is -1.06. The van der Waals surface area contributed by atoms with E-state index in [1.807, 2.05) is 19.1 Å². The van der Waals surface area contributed by atoms with Crippen LogP contribution in [0.5, 0.6) is 5.88 Å². The second kappa shape index (κ2) is 5.91. The number of pyridine rings is 1. The Balaban J connectivity index is 1.91. The van der Waals surface area contributed by atoms with Crippen LogP contribution in [0.15, 0.2) is 36.8 Å². The van der Waals surface area contributed by atoms with Crippen LogP contribution in [-0.4, -0.2) is 37.8 Å². The molecule has 8 nitrogen and oxygen atoms in total. The largest absolute Gasteiger partial charge is 0.481 e. The number of hydrogen-bond acceptors (Lipinski definition) is 6. The van der Waals surface area contributed by atoms with Crippen LogP contribution in [0.4, 0.5) is 5.82 Å². The fourth-order valence-electron chi connectivity index (χ4n) is 2.30. The van der Waals surface area contributed by atoms with Crippen molar-refractivity contribution < 1.29 is 14.6 Å². The van der Waals surface area contributed by atoms with Crippen molar-refractivity contribution in [2.45, 2.75) is 13.0 Å². The molecule has 0 saturated carbocycles. The molecule has 0 radical (unpaired) electrons. The lowest BCUT2D eigenvalue weighted by molar-refractivity contribution is 0.0699. The number of fused-ring (bicyclic) bond motifs is 1. The van der Waals surface area contributed by atoms with Gasteiger partial charge in [-0.1, -0.05) is 6.07 Å². The summed E-state index contributed by atoms with van der Waals surface area (Å²) in [6.07, 6.45) is 4.59. The van der Waals surface area contributed by atoms with Gasteiger partial charge in [0.2, 0.25) is 5.88 Å². The van der Waals surface area contributed by atoms with Crippen LogP contribution < -0.4 is 10.1 Å². The third-order valence-corrected chi connectivity index (χ3v) is 3.42. The molecule has 8 heteroatoms. The fraction of sp³-hybridized carbons (Fsp3) is 0.200. The average molecular weight is 313 g/mol. The van der Waals surface area contributed by atoms with Gasteiger partial charge in [-0.25, -0.2) is 19.3 Å². The first-order valence-electron chi connectivity index (χ1n) is 6.93. The van der Waals surface area contributed by atoms with Gasteiger partial charge in [0.05, 0.1) is 19.3 Å². The zero-order valence-electron chi connectivity index (χ0n) is 12.6. The maximum absolute atomic E-state index is 11.2. The molecule has 3 aromatic heterocycles. The Bertz CT molecular complexity index is 861. The summed E-state index contributed by atoms with van der Waals surface area (Å²) in [6, 6.07) is 5.34. The summed E-state index contributed by atoms with van der Waals surface area (Å²) in [5.74, 6) is 0.00897. The maximum atomic E-state index is 11.2. The van der Waals surface area contributed by atoms with Gasteiger partial charge in [0.25, 0.3) is 0 Å². The number of ether oxygens (including phenoxy) is 1. The molecule has 0 bridgehead atoms. The highest BCUT2D eigenvalue weighted by atomic mass is 16.5. The molecule has 0 aliphatic heterocycles. The Kier molecular flexibility index (Phi) is 3.80. The molecule has 3 heterocycles. The molecule has 1 unspecified atom stereocenters. The Labute approximate surface area is 131 Å². The van der Waals surface area contributed by atoms with Crippen LogP contribution >= 0.6 is 0 Å². The van der Waals surface area contributed by atoms with Crippen LogP contribution in [0.25, 0.3) is 5.65 Å². The van der Waals surface area contributed by atoms with Gasteiger partial charge in [-0.05, 0) is 19.1 Å². The second-order valence-corrected chi connectivity index (χ2v) is 4.91. The van der Waals surface area contributed by atoms with E-state index in [-0.39, 0.29) is 17.3 Å². The van der Waals surface area contributed by atoms with Gasteiger partial charge < -0.3 is 15.2 Å². The maximum Gasteiger partial charge on any atom is 0.341 e. The summed E-state index contributed by atoms with van der Waals surface area (Å²) in [5.41, 5.74) is 1.22. The molecule has 0 fully saturated rings. The predicted molar refractivity (Wildman–Crippen MR) is 82.8 cm³/mol. The van der Waals surface area contributed by atoms with Gasteiger partial charge in [0, 0.05) is 18.0 Å². The van der Waals surface area contributed by atoms with Crippen molar-refractivity contribution in [3.8, 4) is 5.88 Å². The number of carboxylic acids is 1. The highest BCUT2D eigenvalue weighted by molar-refractivity contribution is 5.94. The molecule has 3 rings (SSSR count). The predicted octanol–water partition coefficient (Wildman–Crippen LogP) is 2.00. The van der Waals surface area contributed by atoms with Crippen LogP contribution in [0, 0.1) is 0 Å². The minimum Gasteiger partial charge on any atom is -0.481 e. The van der Waals surface area contributed by atoms with Crippen molar-refractivity contribution in [1.29, 1.82) is 0 Å². The lowest BCUT2D eigenvalue weighted by Crippen LogP contribution is -2.10. The summed E-state index contributed by atoms with van der Waals surface area (Å²) in [6.45, 7) is 1.94. The number of nitrogens with one attached hydrogen (secondary N) is 1. The van der Waals surface area contributed by atoms with Crippen molar-refractivity contribution in [3.05, 3.63) is 47.9 Å². The van der Waals surface area contributed by atoms with Gasteiger partial charge in [-0.15, -0.1) is 0 Å². The zero-order valence-corrected chi connectivity index (χ0v) is 12.6. The van der Waals surface area contributed by atoms with Crippen LogP contribution in [0.3, 0.4) is 0 Å². The SMILES string of the molecule is COc1ncccc1C(C)Nc1ccn2ncc(C(=O)O)c2n1. The molecule has 0 spiro atoms. The molecule has 0 aliphatic rings. The third kappa shape index (κ3) is 2.78. The van der Waals surface area contributed by atoms with E-state index >= 15 is 0 Å².